The van der Waals surface area contributed by atoms with Crippen LogP contribution >= 0.6 is 11.6 Å². The lowest BCUT2D eigenvalue weighted by Gasteiger charge is -2.44. The molecule has 26 heavy (non-hydrogen) atoms. The maximum atomic E-state index is 13.7. The van der Waals surface area contributed by atoms with Gasteiger partial charge in [0, 0.05) is 18.4 Å². The molecule has 0 saturated heterocycles. The molecule has 2 heterocycles. The summed E-state index contributed by atoms with van der Waals surface area (Å²) in [5, 5.41) is 5.53. The van der Waals surface area contributed by atoms with E-state index in [0.717, 1.165) is 0 Å². The SMILES string of the molecule is COC(=O)c1nc2cc(Cl)c3c(c2o1)C1(CCC(F)(F)CC1)NC(=O)N3. The molecule has 2 N–H and O–H groups in total. The average molecular weight is 386 g/mol. The number of oxazole rings is 1. The van der Waals surface area contributed by atoms with E-state index >= 15 is 0 Å². The third-order valence-corrected chi connectivity index (χ3v) is 5.20. The Morgan fingerprint density at radius 2 is 2.04 bits per heavy atom. The quantitative estimate of drug-likeness (QED) is 0.728. The topological polar surface area (TPSA) is 93.5 Å². The van der Waals surface area contributed by atoms with Crippen molar-refractivity contribution in [2.24, 2.45) is 0 Å². The Hall–Kier alpha value is -2.42. The van der Waals surface area contributed by atoms with E-state index in [-0.39, 0.29) is 40.5 Å². The van der Waals surface area contributed by atoms with Crippen LogP contribution in [-0.2, 0) is 10.3 Å². The number of methoxy groups -OCH3 is 1. The molecule has 1 aromatic carbocycles. The highest BCUT2D eigenvalue weighted by Gasteiger charge is 2.50. The van der Waals surface area contributed by atoms with Crippen LogP contribution in [0.3, 0.4) is 0 Å². The van der Waals surface area contributed by atoms with Gasteiger partial charge in [-0.1, -0.05) is 11.6 Å². The first-order valence-electron chi connectivity index (χ1n) is 7.93. The van der Waals surface area contributed by atoms with Gasteiger partial charge in [0.15, 0.2) is 5.58 Å². The Morgan fingerprint density at radius 1 is 1.35 bits per heavy atom. The van der Waals surface area contributed by atoms with E-state index in [9.17, 15) is 18.4 Å². The van der Waals surface area contributed by atoms with Crippen molar-refractivity contribution in [2.75, 3.05) is 12.4 Å². The smallest absolute Gasteiger partial charge is 0.394 e. The molecule has 0 radical (unpaired) electrons. The zero-order valence-electron chi connectivity index (χ0n) is 13.6. The van der Waals surface area contributed by atoms with E-state index in [1.54, 1.807) is 0 Å². The molecule has 1 saturated carbocycles. The van der Waals surface area contributed by atoms with Gasteiger partial charge < -0.3 is 19.8 Å². The van der Waals surface area contributed by atoms with Crippen molar-refractivity contribution in [3.05, 3.63) is 22.5 Å². The van der Waals surface area contributed by atoms with Crippen molar-refractivity contribution in [1.82, 2.24) is 10.3 Å². The highest BCUT2D eigenvalue weighted by molar-refractivity contribution is 6.35. The number of nitrogens with one attached hydrogen (secondary N) is 2. The number of alkyl halides is 2. The molecule has 138 valence electrons. The van der Waals surface area contributed by atoms with E-state index in [0.29, 0.717) is 5.56 Å². The van der Waals surface area contributed by atoms with Gasteiger partial charge in [-0.25, -0.2) is 23.4 Å². The largest absolute Gasteiger partial charge is 0.462 e. The summed E-state index contributed by atoms with van der Waals surface area (Å²) in [6.45, 7) is 0. The van der Waals surface area contributed by atoms with Crippen LogP contribution in [-0.4, -0.2) is 30.0 Å². The minimum atomic E-state index is -2.79. The van der Waals surface area contributed by atoms with E-state index in [1.807, 2.05) is 0 Å². The molecule has 0 unspecified atom stereocenters. The fourth-order valence-electron chi connectivity index (χ4n) is 3.63. The van der Waals surface area contributed by atoms with Crippen LogP contribution in [0.2, 0.25) is 5.02 Å². The number of amides is 2. The number of urea groups is 1. The summed E-state index contributed by atoms with van der Waals surface area (Å²) >= 11 is 6.28. The maximum Gasteiger partial charge on any atom is 0.394 e. The number of fused-ring (bicyclic) bond motifs is 4. The number of hydrogen-bond donors (Lipinski definition) is 2. The lowest BCUT2D eigenvalue weighted by Crippen LogP contribution is -2.54. The molecule has 0 bridgehead atoms. The molecule has 1 spiro atoms. The lowest BCUT2D eigenvalue weighted by atomic mass is 9.73. The molecule has 0 atom stereocenters. The second kappa shape index (κ2) is 5.54. The second-order valence-electron chi connectivity index (χ2n) is 6.48. The van der Waals surface area contributed by atoms with Gasteiger partial charge in [-0.3, -0.25) is 0 Å². The molecule has 1 aliphatic heterocycles. The van der Waals surface area contributed by atoms with E-state index in [2.05, 4.69) is 20.4 Å². The fourth-order valence-corrected chi connectivity index (χ4v) is 3.87. The molecule has 7 nitrogen and oxygen atoms in total. The third-order valence-electron chi connectivity index (χ3n) is 4.90. The van der Waals surface area contributed by atoms with Crippen LogP contribution in [0.15, 0.2) is 10.5 Å². The molecule has 1 fully saturated rings. The van der Waals surface area contributed by atoms with E-state index in [1.165, 1.54) is 13.2 Å². The summed E-state index contributed by atoms with van der Waals surface area (Å²) in [5.74, 6) is -3.85. The number of nitrogens with zero attached hydrogens (tertiary/aromatic N) is 1. The Labute approximate surface area is 151 Å². The van der Waals surface area contributed by atoms with Crippen LogP contribution in [0.5, 0.6) is 0 Å². The highest BCUT2D eigenvalue weighted by atomic mass is 35.5. The number of anilines is 1. The second-order valence-corrected chi connectivity index (χ2v) is 6.89. The summed E-state index contributed by atoms with van der Waals surface area (Å²) in [6, 6.07) is 0.916. The van der Waals surface area contributed by atoms with Crippen LogP contribution in [0.25, 0.3) is 11.1 Å². The number of carbonyl (C=O) groups excluding carboxylic acids is 2. The minimum absolute atomic E-state index is 0.00409. The minimum Gasteiger partial charge on any atom is -0.462 e. The number of esters is 1. The lowest BCUT2D eigenvalue weighted by molar-refractivity contribution is -0.0552. The summed E-state index contributed by atoms with van der Waals surface area (Å²) in [4.78, 5) is 27.9. The standard InChI is InChI=1S/C16H14ClF2N3O4/c1-25-13(23)12-20-8-6-7(17)10-9(11(8)26-12)15(22-14(24)21-10)2-4-16(18,19)5-3-15/h6H,2-5H2,1H3,(H2,21,22,24). The normalized spacial score (nSPS) is 20.4. The van der Waals surface area contributed by atoms with Crippen molar-refractivity contribution >= 4 is 40.4 Å². The van der Waals surface area contributed by atoms with Gasteiger partial charge in [0.1, 0.15) is 5.52 Å². The van der Waals surface area contributed by atoms with Crippen molar-refractivity contribution in [3.8, 4) is 0 Å². The molecule has 1 aromatic heterocycles. The molecule has 1 aliphatic carbocycles. The number of carbonyl (C=O) groups is 2. The number of benzene rings is 1. The highest BCUT2D eigenvalue weighted by Crippen LogP contribution is 2.51. The Kier molecular flexibility index (Phi) is 3.62. The zero-order chi connectivity index (χ0) is 18.7. The monoisotopic (exact) mass is 385 g/mol. The van der Waals surface area contributed by atoms with Crippen LogP contribution in [0.4, 0.5) is 19.3 Å². The predicted molar refractivity (Wildman–Crippen MR) is 87.6 cm³/mol. The Bertz CT molecular complexity index is 933. The van der Waals surface area contributed by atoms with Crippen LogP contribution < -0.4 is 10.6 Å². The average Bonchev–Trinajstić information content (AvgIpc) is 3.00. The molecular weight excluding hydrogens is 372 g/mol. The van der Waals surface area contributed by atoms with E-state index < -0.39 is 36.3 Å². The molecular formula is C16H14ClF2N3O4. The summed E-state index contributed by atoms with van der Waals surface area (Å²) in [6.07, 6.45) is -0.772. The Balaban J connectivity index is 1.95. The number of ether oxygens (including phenoxy) is 1. The zero-order valence-corrected chi connectivity index (χ0v) is 14.4. The number of aromatic nitrogens is 1. The van der Waals surface area contributed by atoms with Gasteiger partial charge in [-0.05, 0) is 18.9 Å². The summed E-state index contributed by atoms with van der Waals surface area (Å²) < 4.78 is 37.6. The van der Waals surface area contributed by atoms with Gasteiger partial charge in [0.05, 0.1) is 23.4 Å². The number of halogens is 3. The first-order chi connectivity index (χ1) is 12.2. The number of rotatable bonds is 1. The first kappa shape index (κ1) is 17.0. The van der Waals surface area contributed by atoms with Gasteiger partial charge in [0.25, 0.3) is 0 Å². The Morgan fingerprint density at radius 3 is 2.69 bits per heavy atom. The van der Waals surface area contributed by atoms with Crippen molar-refractivity contribution < 1.29 is 27.5 Å². The predicted octanol–water partition coefficient (Wildman–Crippen LogP) is 3.81. The molecule has 2 amide bonds. The van der Waals surface area contributed by atoms with Gasteiger partial charge in [0.2, 0.25) is 5.92 Å². The number of hydrogen-bond acceptors (Lipinski definition) is 5. The molecule has 2 aliphatic rings. The summed E-state index contributed by atoms with van der Waals surface area (Å²) in [7, 11) is 1.19. The van der Waals surface area contributed by atoms with E-state index in [4.69, 9.17) is 16.0 Å². The van der Waals surface area contributed by atoms with Crippen LogP contribution in [0.1, 0.15) is 41.9 Å². The van der Waals surface area contributed by atoms with Crippen LogP contribution in [0, 0.1) is 0 Å². The van der Waals surface area contributed by atoms with Crippen molar-refractivity contribution in [3.63, 3.8) is 0 Å². The van der Waals surface area contributed by atoms with Gasteiger partial charge in [-0.15, -0.1) is 0 Å². The van der Waals surface area contributed by atoms with Crippen molar-refractivity contribution in [2.45, 2.75) is 37.1 Å². The van der Waals surface area contributed by atoms with Crippen molar-refractivity contribution in [1.29, 1.82) is 0 Å². The third kappa shape index (κ3) is 2.49. The van der Waals surface area contributed by atoms with Gasteiger partial charge in [-0.2, -0.15) is 0 Å². The summed E-state index contributed by atoms with van der Waals surface area (Å²) in [5.41, 5.74) is 0.125. The maximum absolute atomic E-state index is 13.7. The molecule has 10 heteroatoms. The molecule has 2 aromatic rings. The fraction of sp³-hybridized carbons (Fsp3) is 0.438. The first-order valence-corrected chi connectivity index (χ1v) is 8.31. The molecule has 4 rings (SSSR count). The van der Waals surface area contributed by atoms with Gasteiger partial charge >= 0.3 is 17.9 Å².